The van der Waals surface area contributed by atoms with E-state index < -0.39 is 0 Å². The van der Waals surface area contributed by atoms with Crippen molar-refractivity contribution in [3.8, 4) is 5.75 Å². The standard InChI is InChI=1S/C26H26N4O4S3/c1-4-22(31)30-17-5-6-18(30)13-29(12-17)25(33)19-10-21(15(2)9-20(19)34-3)36-23-11-27-26(37-23)28-24(32)16-7-8-35-14-16/h4,7-11,14,17-18H,1,5-6,12-13H2,2-3H3,(H,27,28,32)/t17-,18?/m1/s1. The fraction of sp³-hybridized carbons (Fsp3) is 0.308. The summed E-state index contributed by atoms with van der Waals surface area (Å²) in [6.07, 6.45) is 4.85. The van der Waals surface area contributed by atoms with Crippen LogP contribution in [0.25, 0.3) is 0 Å². The van der Waals surface area contributed by atoms with Gasteiger partial charge >= 0.3 is 0 Å². The molecule has 4 heterocycles. The minimum atomic E-state index is -0.190. The lowest BCUT2D eigenvalue weighted by Gasteiger charge is -2.40. The molecule has 1 aromatic carbocycles. The highest BCUT2D eigenvalue weighted by Crippen LogP contribution is 2.39. The third-order valence-electron chi connectivity index (χ3n) is 6.62. The van der Waals surface area contributed by atoms with E-state index in [9.17, 15) is 14.4 Å². The summed E-state index contributed by atoms with van der Waals surface area (Å²) in [4.78, 5) is 47.3. The molecule has 0 saturated carbocycles. The van der Waals surface area contributed by atoms with Crippen LogP contribution >= 0.6 is 34.4 Å². The van der Waals surface area contributed by atoms with Crippen molar-refractivity contribution in [2.75, 3.05) is 25.5 Å². The van der Waals surface area contributed by atoms with Gasteiger partial charge in [0.05, 0.1) is 40.7 Å². The summed E-state index contributed by atoms with van der Waals surface area (Å²) in [6.45, 7) is 6.59. The quantitative estimate of drug-likeness (QED) is 0.417. The Morgan fingerprint density at radius 1 is 1.24 bits per heavy atom. The first-order valence-corrected chi connectivity index (χ1v) is 14.4. The Kier molecular flexibility index (Phi) is 7.36. The van der Waals surface area contributed by atoms with Crippen molar-refractivity contribution < 1.29 is 19.1 Å². The van der Waals surface area contributed by atoms with Gasteiger partial charge in [0, 0.05) is 23.4 Å². The van der Waals surface area contributed by atoms with Crippen molar-refractivity contribution in [1.82, 2.24) is 14.8 Å². The number of carbonyl (C=O) groups excluding carboxylic acids is 3. The minimum absolute atomic E-state index is 0.0124. The zero-order valence-corrected chi connectivity index (χ0v) is 22.9. The van der Waals surface area contributed by atoms with Crippen molar-refractivity contribution in [1.29, 1.82) is 0 Å². The Morgan fingerprint density at radius 2 is 2.00 bits per heavy atom. The summed E-state index contributed by atoms with van der Waals surface area (Å²) in [5, 5.41) is 7.00. The zero-order valence-electron chi connectivity index (χ0n) is 20.4. The number of ether oxygens (including phenoxy) is 1. The predicted molar refractivity (Wildman–Crippen MR) is 146 cm³/mol. The first-order valence-electron chi connectivity index (χ1n) is 11.8. The Bertz CT molecular complexity index is 1340. The highest BCUT2D eigenvalue weighted by Gasteiger charge is 2.43. The second-order valence-electron chi connectivity index (χ2n) is 8.92. The van der Waals surface area contributed by atoms with Gasteiger partial charge in [-0.15, -0.1) is 0 Å². The molecule has 192 valence electrons. The van der Waals surface area contributed by atoms with E-state index in [0.29, 0.717) is 35.1 Å². The number of fused-ring (bicyclic) bond motifs is 2. The van der Waals surface area contributed by atoms with E-state index in [4.69, 9.17) is 4.74 Å². The van der Waals surface area contributed by atoms with Gasteiger partial charge in [0.25, 0.3) is 11.8 Å². The summed E-state index contributed by atoms with van der Waals surface area (Å²) >= 11 is 4.34. The van der Waals surface area contributed by atoms with E-state index in [1.807, 2.05) is 34.2 Å². The number of likely N-dealkylation sites (tertiary alicyclic amines) is 1. The predicted octanol–water partition coefficient (Wildman–Crippen LogP) is 4.93. The van der Waals surface area contributed by atoms with E-state index in [0.717, 1.165) is 27.5 Å². The zero-order chi connectivity index (χ0) is 26.1. The van der Waals surface area contributed by atoms with Crippen LogP contribution in [0.4, 0.5) is 5.13 Å². The second-order valence-corrected chi connectivity index (χ2v) is 12.1. The van der Waals surface area contributed by atoms with Crippen molar-refractivity contribution in [2.24, 2.45) is 0 Å². The van der Waals surface area contributed by atoms with Crippen molar-refractivity contribution in [3.63, 3.8) is 0 Å². The SMILES string of the molecule is C=CC(=O)N1C2CC[C@@H]1CN(C(=O)c1cc(Sc3cnc(NC(=O)c4ccsc4)s3)c(C)cc1OC)C2. The van der Waals surface area contributed by atoms with Crippen LogP contribution in [0.15, 0.2) is 56.9 Å². The number of aryl methyl sites for hydroxylation is 1. The number of nitrogens with one attached hydrogen (secondary N) is 1. The lowest BCUT2D eigenvalue weighted by Crippen LogP contribution is -2.56. The first kappa shape index (κ1) is 25.5. The fourth-order valence-corrected chi connectivity index (χ4v) is 7.42. The molecule has 3 aromatic rings. The molecular formula is C26H26N4O4S3. The van der Waals surface area contributed by atoms with Crippen LogP contribution in [-0.4, -0.2) is 64.8 Å². The van der Waals surface area contributed by atoms with Crippen LogP contribution in [0.1, 0.15) is 39.1 Å². The van der Waals surface area contributed by atoms with E-state index >= 15 is 0 Å². The smallest absolute Gasteiger partial charge is 0.258 e. The molecule has 8 nitrogen and oxygen atoms in total. The average Bonchev–Trinajstić information content (AvgIpc) is 3.64. The normalized spacial score (nSPS) is 18.5. The molecule has 1 N–H and O–H groups in total. The third-order valence-corrected chi connectivity index (χ3v) is 9.48. The summed E-state index contributed by atoms with van der Waals surface area (Å²) in [5.74, 6) is 0.164. The lowest BCUT2D eigenvalue weighted by atomic mass is 10.1. The molecule has 0 spiro atoms. The largest absolute Gasteiger partial charge is 0.496 e. The van der Waals surface area contributed by atoms with Crippen molar-refractivity contribution in [3.05, 3.63) is 64.5 Å². The van der Waals surface area contributed by atoms with E-state index in [1.54, 1.807) is 24.8 Å². The highest BCUT2D eigenvalue weighted by molar-refractivity contribution is 8.01. The number of piperazine rings is 1. The number of thiazole rings is 1. The molecule has 2 aliphatic rings. The van der Waals surface area contributed by atoms with Gasteiger partial charge < -0.3 is 14.5 Å². The Balaban J connectivity index is 1.33. The maximum absolute atomic E-state index is 13.7. The second kappa shape index (κ2) is 10.7. The number of methoxy groups -OCH3 is 1. The molecule has 2 saturated heterocycles. The number of hydrogen-bond acceptors (Lipinski definition) is 8. The van der Waals surface area contributed by atoms with Gasteiger partial charge in [-0.1, -0.05) is 29.7 Å². The van der Waals surface area contributed by atoms with Gasteiger partial charge in [-0.05, 0) is 55.0 Å². The van der Waals surface area contributed by atoms with Crippen LogP contribution in [0.3, 0.4) is 0 Å². The molecule has 2 bridgehead atoms. The van der Waals surface area contributed by atoms with E-state index in [1.165, 1.54) is 40.5 Å². The molecule has 2 fully saturated rings. The number of anilines is 1. The third kappa shape index (κ3) is 5.16. The van der Waals surface area contributed by atoms with Gasteiger partial charge in [0.2, 0.25) is 5.91 Å². The van der Waals surface area contributed by atoms with Gasteiger partial charge in [0.1, 0.15) is 5.75 Å². The monoisotopic (exact) mass is 554 g/mol. The maximum atomic E-state index is 13.7. The van der Waals surface area contributed by atoms with Crippen LogP contribution in [0, 0.1) is 6.92 Å². The van der Waals surface area contributed by atoms with Gasteiger partial charge in [-0.3, -0.25) is 19.7 Å². The maximum Gasteiger partial charge on any atom is 0.258 e. The Morgan fingerprint density at radius 3 is 2.65 bits per heavy atom. The number of nitrogens with zero attached hydrogens (tertiary/aromatic N) is 3. The number of rotatable bonds is 7. The molecule has 0 aliphatic carbocycles. The Hall–Kier alpha value is -3.15. The van der Waals surface area contributed by atoms with Crippen LogP contribution in [-0.2, 0) is 4.79 Å². The lowest BCUT2D eigenvalue weighted by molar-refractivity contribution is -0.131. The number of thiophene rings is 1. The number of benzene rings is 1. The first-order chi connectivity index (χ1) is 17.9. The fourth-order valence-electron chi connectivity index (χ4n) is 4.85. The average molecular weight is 555 g/mol. The molecule has 5 rings (SSSR count). The number of hydrogen-bond donors (Lipinski definition) is 1. The molecule has 1 unspecified atom stereocenters. The van der Waals surface area contributed by atoms with Crippen molar-refractivity contribution >= 4 is 57.3 Å². The van der Waals surface area contributed by atoms with Gasteiger partial charge in [-0.2, -0.15) is 11.3 Å². The molecule has 2 aromatic heterocycles. The van der Waals surface area contributed by atoms with Crippen LogP contribution in [0.2, 0.25) is 0 Å². The molecule has 2 aliphatic heterocycles. The van der Waals surface area contributed by atoms with Crippen LogP contribution < -0.4 is 10.1 Å². The number of carbonyl (C=O) groups is 3. The summed E-state index contributed by atoms with van der Waals surface area (Å²) in [6, 6.07) is 5.54. The molecular weight excluding hydrogens is 529 g/mol. The van der Waals surface area contributed by atoms with Gasteiger partial charge in [0.15, 0.2) is 5.13 Å². The molecule has 37 heavy (non-hydrogen) atoms. The Labute approximate surface area is 227 Å². The molecule has 2 atom stereocenters. The number of aromatic nitrogens is 1. The van der Waals surface area contributed by atoms with Gasteiger partial charge in [-0.25, -0.2) is 4.98 Å². The summed E-state index contributed by atoms with van der Waals surface area (Å²) in [5.41, 5.74) is 2.07. The topological polar surface area (TPSA) is 91.8 Å². The van der Waals surface area contributed by atoms with E-state index in [2.05, 4.69) is 16.9 Å². The molecule has 3 amide bonds. The number of amides is 3. The highest BCUT2D eigenvalue weighted by atomic mass is 32.2. The van der Waals surface area contributed by atoms with Crippen LogP contribution in [0.5, 0.6) is 5.75 Å². The summed E-state index contributed by atoms with van der Waals surface area (Å²) < 4.78 is 6.47. The molecule has 11 heteroatoms. The van der Waals surface area contributed by atoms with E-state index in [-0.39, 0.29) is 29.8 Å². The molecule has 0 radical (unpaired) electrons. The minimum Gasteiger partial charge on any atom is -0.496 e. The van der Waals surface area contributed by atoms with Crippen molar-refractivity contribution in [2.45, 2.75) is 41.0 Å². The summed E-state index contributed by atoms with van der Waals surface area (Å²) in [7, 11) is 1.56.